The molecule has 2 heterocycles. The van der Waals surface area contributed by atoms with E-state index < -0.39 is 0 Å². The lowest BCUT2D eigenvalue weighted by atomic mass is 9.96. The Hall–Kier alpha value is -2.56. The number of allylic oxidation sites excluding steroid dienone is 8. The highest BCUT2D eigenvalue weighted by molar-refractivity contribution is 7.11. The lowest BCUT2D eigenvalue weighted by molar-refractivity contribution is -0.113. The molecule has 2 aromatic rings. The van der Waals surface area contributed by atoms with Crippen molar-refractivity contribution in [2.75, 3.05) is 0 Å². The highest BCUT2D eigenvalue weighted by atomic mass is 32.1. The van der Waals surface area contributed by atoms with Gasteiger partial charge in [-0.15, -0.1) is 22.7 Å². The van der Waals surface area contributed by atoms with E-state index in [2.05, 4.69) is 24.3 Å². The van der Waals surface area contributed by atoms with Gasteiger partial charge >= 0.3 is 0 Å². The van der Waals surface area contributed by atoms with Crippen LogP contribution in [0.25, 0.3) is 11.1 Å². The molecule has 0 bridgehead atoms. The van der Waals surface area contributed by atoms with Crippen LogP contribution >= 0.6 is 22.7 Å². The second-order valence-corrected chi connectivity index (χ2v) is 9.37. The molecule has 0 saturated carbocycles. The first-order chi connectivity index (χ1) is 13.3. The van der Waals surface area contributed by atoms with E-state index >= 15 is 0 Å². The van der Waals surface area contributed by atoms with Gasteiger partial charge in [-0.1, -0.05) is 0 Å². The first-order valence-electron chi connectivity index (χ1n) is 9.11. The molecule has 0 amide bonds. The van der Waals surface area contributed by atoms with Crippen LogP contribution in [0.2, 0.25) is 0 Å². The Kier molecular flexibility index (Phi) is 4.77. The van der Waals surface area contributed by atoms with Crippen molar-refractivity contribution in [3.05, 3.63) is 89.0 Å². The Balaban J connectivity index is 1.89. The van der Waals surface area contributed by atoms with Gasteiger partial charge in [-0.25, -0.2) is 0 Å². The maximum absolute atomic E-state index is 12.0. The Morgan fingerprint density at radius 2 is 0.786 bits per heavy atom. The zero-order valence-electron chi connectivity index (χ0n) is 16.3. The largest absolute Gasteiger partial charge is 0.289 e. The number of hydrogen-bond donors (Lipinski definition) is 0. The minimum Gasteiger partial charge on any atom is -0.289 e. The molecule has 0 spiro atoms. The molecule has 0 N–H and O–H groups in total. The second-order valence-electron chi connectivity index (χ2n) is 7.21. The molecule has 0 aromatic carbocycles. The van der Waals surface area contributed by atoms with Crippen molar-refractivity contribution >= 4 is 45.4 Å². The minimum atomic E-state index is 0.123. The SMILES string of the molecule is CC1=CC(=c2cc/c(=c3\ccc(=C4C=C(C)C(=O)C(C)=C4)s3)s2)C=C(C)C1=O. The summed E-state index contributed by atoms with van der Waals surface area (Å²) in [6.07, 6.45) is 7.89. The number of thiophene rings is 2. The average Bonchev–Trinajstić information content (AvgIpc) is 3.32. The molecule has 2 aromatic heterocycles. The van der Waals surface area contributed by atoms with Crippen LogP contribution in [-0.4, -0.2) is 11.6 Å². The van der Waals surface area contributed by atoms with Crippen LogP contribution in [0.4, 0.5) is 0 Å². The lowest BCUT2D eigenvalue weighted by Crippen LogP contribution is -2.09. The van der Waals surface area contributed by atoms with Gasteiger partial charge in [0.1, 0.15) is 0 Å². The lowest BCUT2D eigenvalue weighted by Gasteiger charge is -2.08. The first kappa shape index (κ1) is 18.8. The Morgan fingerprint density at radius 1 is 0.500 bits per heavy atom. The molecule has 2 aliphatic carbocycles. The Morgan fingerprint density at radius 3 is 1.11 bits per heavy atom. The standard InChI is InChI=1S/C24H20O2S2/c1-13-9-17(10-14(2)23(13)25)19-5-7-21(27-19)22-8-6-20(28-22)18-11-15(3)24(26)16(4)12-18/h5-12H,1-4H3/b22-21-. The fraction of sp³-hybridized carbons (Fsp3) is 0.167. The van der Waals surface area contributed by atoms with Gasteiger partial charge in [0.2, 0.25) is 0 Å². The van der Waals surface area contributed by atoms with Crippen LogP contribution in [0.5, 0.6) is 0 Å². The van der Waals surface area contributed by atoms with Gasteiger partial charge in [-0.3, -0.25) is 9.59 Å². The van der Waals surface area contributed by atoms with Crippen molar-refractivity contribution in [1.82, 2.24) is 0 Å². The smallest absolute Gasteiger partial charge is 0.184 e. The fourth-order valence-corrected chi connectivity index (χ4v) is 5.51. The molecule has 28 heavy (non-hydrogen) atoms. The summed E-state index contributed by atoms with van der Waals surface area (Å²) < 4.78 is 4.75. The van der Waals surface area contributed by atoms with Crippen molar-refractivity contribution in [2.24, 2.45) is 0 Å². The predicted molar refractivity (Wildman–Crippen MR) is 117 cm³/mol. The van der Waals surface area contributed by atoms with Crippen LogP contribution in [0.1, 0.15) is 27.7 Å². The van der Waals surface area contributed by atoms with Gasteiger partial charge in [0.15, 0.2) is 11.6 Å². The third-order valence-corrected chi connectivity index (χ3v) is 7.41. The molecule has 4 rings (SSSR count). The molecule has 0 atom stereocenters. The number of carbonyl (C=O) groups is 2. The summed E-state index contributed by atoms with van der Waals surface area (Å²) in [6, 6.07) is 8.53. The molecule has 4 heteroatoms. The summed E-state index contributed by atoms with van der Waals surface area (Å²) in [5.74, 6) is 0.247. The van der Waals surface area contributed by atoms with Crippen LogP contribution in [-0.2, 0) is 9.59 Å². The van der Waals surface area contributed by atoms with E-state index in [0.29, 0.717) is 0 Å². The Labute approximate surface area is 171 Å². The number of hydrogen-bond acceptors (Lipinski definition) is 4. The minimum absolute atomic E-state index is 0.123. The summed E-state index contributed by atoms with van der Waals surface area (Å²) in [7, 11) is 0. The van der Waals surface area contributed by atoms with E-state index in [1.165, 1.54) is 18.1 Å². The molecule has 140 valence electrons. The normalized spacial score (nSPS) is 18.7. The van der Waals surface area contributed by atoms with Crippen LogP contribution in [0.15, 0.2) is 70.9 Å². The molecule has 0 unspecified atom stereocenters. The topological polar surface area (TPSA) is 34.1 Å². The molecule has 0 fully saturated rings. The summed E-state index contributed by atoms with van der Waals surface area (Å²) in [6.45, 7) is 7.48. The van der Waals surface area contributed by atoms with Crippen LogP contribution < -0.4 is 9.06 Å². The molecule has 2 nitrogen and oxygen atoms in total. The second kappa shape index (κ2) is 7.12. The molecule has 0 radical (unpaired) electrons. The zero-order chi connectivity index (χ0) is 20.0. The fourth-order valence-electron chi connectivity index (χ4n) is 3.44. The quantitative estimate of drug-likeness (QED) is 0.654. The van der Waals surface area contributed by atoms with Crippen molar-refractivity contribution in [2.45, 2.75) is 27.7 Å². The molecule has 0 aliphatic heterocycles. The summed E-state index contributed by atoms with van der Waals surface area (Å²) in [4.78, 5) is 23.9. The van der Waals surface area contributed by atoms with Crippen molar-refractivity contribution in [1.29, 1.82) is 0 Å². The van der Waals surface area contributed by atoms with Gasteiger partial charge in [0, 0.05) is 18.1 Å². The van der Waals surface area contributed by atoms with Gasteiger partial charge in [-0.2, -0.15) is 0 Å². The van der Waals surface area contributed by atoms with Gasteiger partial charge in [0.25, 0.3) is 0 Å². The highest BCUT2D eigenvalue weighted by Crippen LogP contribution is 2.20. The summed E-state index contributed by atoms with van der Waals surface area (Å²) >= 11 is 3.48. The van der Waals surface area contributed by atoms with E-state index in [1.807, 2.05) is 52.0 Å². The summed E-state index contributed by atoms with van der Waals surface area (Å²) in [5, 5.41) is 0. The number of ketones is 2. The van der Waals surface area contributed by atoms with Gasteiger partial charge < -0.3 is 0 Å². The van der Waals surface area contributed by atoms with E-state index in [1.54, 1.807) is 22.7 Å². The van der Waals surface area contributed by atoms with Crippen molar-refractivity contribution in [3.63, 3.8) is 0 Å². The van der Waals surface area contributed by atoms with E-state index in [4.69, 9.17) is 0 Å². The predicted octanol–water partition coefficient (Wildman–Crippen LogP) is 4.35. The van der Waals surface area contributed by atoms with Crippen LogP contribution in [0.3, 0.4) is 0 Å². The van der Waals surface area contributed by atoms with E-state index in [9.17, 15) is 9.59 Å². The number of Topliss-reactive ketones (excluding diaryl/α,β-unsaturated/α-hetero) is 2. The molecule has 0 saturated heterocycles. The number of rotatable bonds is 0. The molecular formula is C24H20O2S2. The third-order valence-electron chi connectivity index (χ3n) is 4.94. The van der Waals surface area contributed by atoms with E-state index in [-0.39, 0.29) is 11.6 Å². The molecular weight excluding hydrogens is 384 g/mol. The molecule has 2 aliphatic rings. The highest BCUT2D eigenvalue weighted by Gasteiger charge is 2.14. The van der Waals surface area contributed by atoms with Crippen LogP contribution in [0, 0.1) is 9.06 Å². The number of carbonyl (C=O) groups excluding carboxylic acids is 2. The Bertz CT molecular complexity index is 1210. The third kappa shape index (κ3) is 3.34. The van der Waals surface area contributed by atoms with Crippen molar-refractivity contribution < 1.29 is 9.59 Å². The maximum Gasteiger partial charge on any atom is 0.184 e. The average molecular weight is 405 g/mol. The van der Waals surface area contributed by atoms with E-state index in [0.717, 1.165) is 33.4 Å². The van der Waals surface area contributed by atoms with Gasteiger partial charge in [0.05, 0.1) is 0 Å². The van der Waals surface area contributed by atoms with Crippen molar-refractivity contribution in [3.8, 4) is 0 Å². The zero-order valence-corrected chi connectivity index (χ0v) is 17.9. The van der Waals surface area contributed by atoms with Gasteiger partial charge in [-0.05, 0) is 110 Å². The maximum atomic E-state index is 12.0. The summed E-state index contributed by atoms with van der Waals surface area (Å²) in [5.41, 5.74) is 5.35. The monoisotopic (exact) mass is 404 g/mol. The first-order valence-corrected chi connectivity index (χ1v) is 10.7.